The lowest BCUT2D eigenvalue weighted by molar-refractivity contribution is 0.148. The van der Waals surface area contributed by atoms with Gasteiger partial charge in [-0.25, -0.2) is 0 Å². The minimum absolute atomic E-state index is 0.0660. The molecule has 2 aromatic rings. The highest BCUT2D eigenvalue weighted by atomic mass is 79.9. The zero-order valence-corrected chi connectivity index (χ0v) is 12.8. The molecule has 1 unspecified atom stereocenters. The molecule has 0 aliphatic carbocycles. The van der Waals surface area contributed by atoms with Gasteiger partial charge in [-0.2, -0.15) is 0 Å². The summed E-state index contributed by atoms with van der Waals surface area (Å²) in [5.41, 5.74) is 8.76. The minimum atomic E-state index is 0.0660. The van der Waals surface area contributed by atoms with Crippen molar-refractivity contribution in [3.05, 3.63) is 52.0 Å². The van der Waals surface area contributed by atoms with E-state index in [1.165, 1.54) is 5.56 Å². The van der Waals surface area contributed by atoms with Crippen molar-refractivity contribution in [2.75, 3.05) is 12.3 Å². The molecule has 0 bridgehead atoms. The predicted octanol–water partition coefficient (Wildman–Crippen LogP) is 3.72. The van der Waals surface area contributed by atoms with Crippen LogP contribution in [0.25, 0.3) is 0 Å². The monoisotopic (exact) mass is 333 g/mol. The van der Waals surface area contributed by atoms with Gasteiger partial charge >= 0.3 is 0 Å². The van der Waals surface area contributed by atoms with Crippen LogP contribution in [0.3, 0.4) is 0 Å². The summed E-state index contributed by atoms with van der Waals surface area (Å²) in [7, 11) is 0. The first-order valence-corrected chi connectivity index (χ1v) is 7.35. The number of nitrogen functional groups attached to an aromatic ring is 1. The van der Waals surface area contributed by atoms with Gasteiger partial charge in [0.1, 0.15) is 24.2 Å². The molecule has 0 fully saturated rings. The number of benzene rings is 2. The highest BCUT2D eigenvalue weighted by molar-refractivity contribution is 9.10. The van der Waals surface area contributed by atoms with E-state index in [0.717, 1.165) is 33.6 Å². The Hall–Kier alpha value is -1.68. The molecule has 2 N–H and O–H groups in total. The van der Waals surface area contributed by atoms with Gasteiger partial charge in [-0.1, -0.05) is 15.9 Å². The third kappa shape index (κ3) is 2.75. The van der Waals surface area contributed by atoms with Gasteiger partial charge in [-0.3, -0.25) is 0 Å². The first kappa shape index (κ1) is 13.3. The first-order chi connectivity index (χ1) is 9.61. The van der Waals surface area contributed by atoms with E-state index < -0.39 is 0 Å². The predicted molar refractivity (Wildman–Crippen MR) is 83.3 cm³/mol. The molecule has 0 saturated heterocycles. The minimum Gasteiger partial charge on any atom is -0.489 e. The van der Waals surface area contributed by atoms with E-state index >= 15 is 0 Å². The van der Waals surface area contributed by atoms with Crippen molar-refractivity contribution in [1.82, 2.24) is 0 Å². The first-order valence-electron chi connectivity index (χ1n) is 6.56. The standard InChI is InChI=1S/C16H16BrNO2/c1-10-6-13(18)3-5-15(10)19-9-14-8-11-7-12(17)2-4-16(11)20-14/h2-7,14H,8-9,18H2,1H3. The Morgan fingerprint density at radius 2 is 2.15 bits per heavy atom. The molecule has 1 aliphatic heterocycles. The maximum Gasteiger partial charge on any atom is 0.137 e. The number of aryl methyl sites for hydroxylation is 1. The van der Waals surface area contributed by atoms with Gasteiger partial charge in [0.05, 0.1) is 0 Å². The van der Waals surface area contributed by atoms with E-state index in [0.29, 0.717) is 6.61 Å². The molecule has 2 aromatic carbocycles. The van der Waals surface area contributed by atoms with Crippen LogP contribution in [0.15, 0.2) is 40.9 Å². The maximum absolute atomic E-state index is 5.88. The fraction of sp³-hybridized carbons (Fsp3) is 0.250. The number of halogens is 1. The van der Waals surface area contributed by atoms with Gasteiger partial charge in [0.2, 0.25) is 0 Å². The van der Waals surface area contributed by atoms with Crippen molar-refractivity contribution in [1.29, 1.82) is 0 Å². The molecule has 0 aromatic heterocycles. The van der Waals surface area contributed by atoms with Gasteiger partial charge < -0.3 is 15.2 Å². The zero-order valence-electron chi connectivity index (χ0n) is 11.2. The molecule has 0 radical (unpaired) electrons. The fourth-order valence-corrected chi connectivity index (χ4v) is 2.81. The van der Waals surface area contributed by atoms with Crippen LogP contribution < -0.4 is 15.2 Å². The molecule has 1 aliphatic rings. The van der Waals surface area contributed by atoms with Crippen LogP contribution in [0.2, 0.25) is 0 Å². The number of nitrogens with two attached hydrogens (primary N) is 1. The SMILES string of the molecule is Cc1cc(N)ccc1OCC1Cc2cc(Br)ccc2O1. The number of rotatable bonds is 3. The smallest absolute Gasteiger partial charge is 0.137 e. The lowest BCUT2D eigenvalue weighted by Gasteiger charge is -2.14. The summed E-state index contributed by atoms with van der Waals surface area (Å²) < 4.78 is 12.8. The Kier molecular flexibility index (Phi) is 3.57. The number of hydrogen-bond donors (Lipinski definition) is 1. The van der Waals surface area contributed by atoms with E-state index in [4.69, 9.17) is 15.2 Å². The average Bonchev–Trinajstić information content (AvgIpc) is 2.79. The van der Waals surface area contributed by atoms with E-state index in [1.807, 2.05) is 37.3 Å². The Morgan fingerprint density at radius 1 is 1.30 bits per heavy atom. The molecule has 0 amide bonds. The van der Waals surface area contributed by atoms with E-state index in [1.54, 1.807) is 0 Å². The summed E-state index contributed by atoms with van der Waals surface area (Å²) in [6.07, 6.45) is 0.944. The van der Waals surface area contributed by atoms with Gasteiger partial charge in [0, 0.05) is 16.6 Å². The molecule has 4 heteroatoms. The maximum atomic E-state index is 5.88. The lowest BCUT2D eigenvalue weighted by atomic mass is 10.1. The second kappa shape index (κ2) is 5.37. The quantitative estimate of drug-likeness (QED) is 0.870. The van der Waals surface area contributed by atoms with Crippen molar-refractivity contribution < 1.29 is 9.47 Å². The van der Waals surface area contributed by atoms with Crippen LogP contribution in [-0.4, -0.2) is 12.7 Å². The molecule has 3 rings (SSSR count). The van der Waals surface area contributed by atoms with Crippen LogP contribution in [0.4, 0.5) is 5.69 Å². The molecule has 0 spiro atoms. The van der Waals surface area contributed by atoms with Gasteiger partial charge in [-0.05, 0) is 54.4 Å². The van der Waals surface area contributed by atoms with E-state index in [9.17, 15) is 0 Å². The summed E-state index contributed by atoms with van der Waals surface area (Å²) in [6.45, 7) is 2.53. The average molecular weight is 334 g/mol. The largest absolute Gasteiger partial charge is 0.489 e. The number of anilines is 1. The Balaban J connectivity index is 1.63. The van der Waals surface area contributed by atoms with E-state index in [-0.39, 0.29) is 6.10 Å². The molecule has 3 nitrogen and oxygen atoms in total. The van der Waals surface area contributed by atoms with Crippen molar-refractivity contribution in [2.24, 2.45) is 0 Å². The van der Waals surface area contributed by atoms with Crippen molar-refractivity contribution >= 4 is 21.6 Å². The molecular formula is C16H16BrNO2. The summed E-state index contributed by atoms with van der Waals surface area (Å²) in [5, 5.41) is 0. The molecule has 20 heavy (non-hydrogen) atoms. The van der Waals surface area contributed by atoms with E-state index in [2.05, 4.69) is 22.0 Å². The third-order valence-corrected chi connectivity index (χ3v) is 3.88. The molecule has 104 valence electrons. The van der Waals surface area contributed by atoms with Gasteiger partial charge in [0.15, 0.2) is 0 Å². The number of hydrogen-bond acceptors (Lipinski definition) is 3. The van der Waals surface area contributed by atoms with Crippen LogP contribution in [-0.2, 0) is 6.42 Å². The summed E-state index contributed by atoms with van der Waals surface area (Å²) in [5.74, 6) is 1.82. The second-order valence-electron chi connectivity index (χ2n) is 5.03. The molecule has 1 heterocycles. The lowest BCUT2D eigenvalue weighted by Crippen LogP contribution is -2.22. The Bertz CT molecular complexity index is 642. The van der Waals surface area contributed by atoms with Crippen LogP contribution >= 0.6 is 15.9 Å². The van der Waals surface area contributed by atoms with Crippen molar-refractivity contribution in [3.8, 4) is 11.5 Å². The highest BCUT2D eigenvalue weighted by Crippen LogP contribution is 2.31. The van der Waals surface area contributed by atoms with Crippen molar-refractivity contribution in [3.63, 3.8) is 0 Å². The summed E-state index contributed by atoms with van der Waals surface area (Å²) in [6, 6.07) is 11.8. The van der Waals surface area contributed by atoms with Crippen LogP contribution in [0.1, 0.15) is 11.1 Å². The van der Waals surface area contributed by atoms with Crippen molar-refractivity contribution in [2.45, 2.75) is 19.4 Å². The second-order valence-corrected chi connectivity index (χ2v) is 5.95. The van der Waals surface area contributed by atoms with Gasteiger partial charge in [-0.15, -0.1) is 0 Å². The third-order valence-electron chi connectivity index (χ3n) is 3.39. The molecular weight excluding hydrogens is 318 g/mol. The number of ether oxygens (including phenoxy) is 2. The number of fused-ring (bicyclic) bond motifs is 1. The topological polar surface area (TPSA) is 44.5 Å². The summed E-state index contributed by atoms with van der Waals surface area (Å²) >= 11 is 3.48. The normalized spacial score (nSPS) is 16.6. The molecule has 1 atom stereocenters. The Morgan fingerprint density at radius 3 is 2.95 bits per heavy atom. The zero-order chi connectivity index (χ0) is 14.1. The summed E-state index contributed by atoms with van der Waals surface area (Å²) in [4.78, 5) is 0. The fourth-order valence-electron chi connectivity index (χ4n) is 2.40. The van der Waals surface area contributed by atoms with Crippen LogP contribution in [0.5, 0.6) is 11.5 Å². The highest BCUT2D eigenvalue weighted by Gasteiger charge is 2.23. The van der Waals surface area contributed by atoms with Gasteiger partial charge in [0.25, 0.3) is 0 Å². The Labute approximate surface area is 126 Å². The molecule has 0 saturated carbocycles. The van der Waals surface area contributed by atoms with Crippen LogP contribution in [0, 0.1) is 6.92 Å².